The summed E-state index contributed by atoms with van der Waals surface area (Å²) >= 11 is 0. The van der Waals surface area contributed by atoms with Crippen molar-refractivity contribution >= 4 is 23.3 Å². The van der Waals surface area contributed by atoms with Crippen molar-refractivity contribution in [3.8, 4) is 0 Å². The number of benzene rings is 1. The van der Waals surface area contributed by atoms with E-state index in [1.807, 2.05) is 30.3 Å². The summed E-state index contributed by atoms with van der Waals surface area (Å²) in [4.78, 5) is 36.4. The van der Waals surface area contributed by atoms with Crippen LogP contribution < -0.4 is 4.90 Å². The van der Waals surface area contributed by atoms with Crippen LogP contribution in [0.3, 0.4) is 0 Å². The van der Waals surface area contributed by atoms with Gasteiger partial charge in [0.1, 0.15) is 12.2 Å². The van der Waals surface area contributed by atoms with Crippen LogP contribution >= 0.6 is 0 Å². The summed E-state index contributed by atoms with van der Waals surface area (Å²) in [5.74, 6) is -1.31. The van der Waals surface area contributed by atoms with Crippen molar-refractivity contribution in [1.29, 1.82) is 0 Å². The molecule has 1 aliphatic heterocycles. The van der Waals surface area contributed by atoms with E-state index in [9.17, 15) is 14.4 Å². The SMILES string of the molecule is COC(=O)CC(=O)C1CC(=O)N(c2ccccc2)C1. The molecule has 1 aromatic rings. The lowest BCUT2D eigenvalue weighted by Gasteiger charge is -2.16. The minimum atomic E-state index is -0.560. The number of amides is 1. The third-order valence-electron chi connectivity index (χ3n) is 3.19. The highest BCUT2D eigenvalue weighted by molar-refractivity contribution is 6.04. The van der Waals surface area contributed by atoms with Crippen LogP contribution in [-0.4, -0.2) is 31.3 Å². The number of Topliss-reactive ketones (excluding diaryl/α,β-unsaturated/α-hetero) is 1. The zero-order valence-corrected chi connectivity index (χ0v) is 10.7. The highest BCUT2D eigenvalue weighted by Gasteiger charge is 2.35. The zero-order chi connectivity index (χ0) is 13.8. The number of ketones is 1. The Morgan fingerprint density at radius 1 is 1.32 bits per heavy atom. The van der Waals surface area contributed by atoms with E-state index in [1.165, 1.54) is 7.11 Å². The van der Waals surface area contributed by atoms with E-state index in [-0.39, 0.29) is 24.5 Å². The van der Waals surface area contributed by atoms with Gasteiger partial charge in [-0.2, -0.15) is 0 Å². The van der Waals surface area contributed by atoms with Crippen molar-refractivity contribution in [2.75, 3.05) is 18.6 Å². The summed E-state index contributed by atoms with van der Waals surface area (Å²) in [5, 5.41) is 0. The lowest BCUT2D eigenvalue weighted by molar-refractivity contribution is -0.144. The Morgan fingerprint density at radius 3 is 2.63 bits per heavy atom. The maximum atomic E-state index is 11.9. The number of esters is 1. The second-order valence-electron chi connectivity index (χ2n) is 4.46. The Hall–Kier alpha value is -2.17. The average Bonchev–Trinajstić information content (AvgIpc) is 2.82. The molecule has 5 nitrogen and oxygen atoms in total. The number of methoxy groups -OCH3 is 1. The number of hydrogen-bond donors (Lipinski definition) is 0. The highest BCUT2D eigenvalue weighted by atomic mass is 16.5. The van der Waals surface area contributed by atoms with E-state index < -0.39 is 11.9 Å². The number of carbonyl (C=O) groups is 3. The fourth-order valence-corrected chi connectivity index (χ4v) is 2.14. The van der Waals surface area contributed by atoms with Crippen molar-refractivity contribution in [2.24, 2.45) is 5.92 Å². The molecular formula is C14H15NO4. The quantitative estimate of drug-likeness (QED) is 0.603. The number of para-hydroxylation sites is 1. The van der Waals surface area contributed by atoms with E-state index in [0.29, 0.717) is 6.54 Å². The molecule has 0 aliphatic carbocycles. The first-order valence-electron chi connectivity index (χ1n) is 6.06. The van der Waals surface area contributed by atoms with Crippen LogP contribution in [0.15, 0.2) is 30.3 Å². The molecule has 1 saturated heterocycles. The predicted molar refractivity (Wildman–Crippen MR) is 68.5 cm³/mol. The second-order valence-corrected chi connectivity index (χ2v) is 4.46. The lowest BCUT2D eigenvalue weighted by atomic mass is 10.0. The first-order valence-corrected chi connectivity index (χ1v) is 6.06. The first kappa shape index (κ1) is 13.3. The fraction of sp³-hybridized carbons (Fsp3) is 0.357. The molecule has 1 aliphatic rings. The predicted octanol–water partition coefficient (Wildman–Crippen LogP) is 1.17. The molecular weight excluding hydrogens is 246 g/mol. The van der Waals surface area contributed by atoms with Crippen molar-refractivity contribution in [3.05, 3.63) is 30.3 Å². The summed E-state index contributed by atoms with van der Waals surface area (Å²) in [6.45, 7) is 0.332. The lowest BCUT2D eigenvalue weighted by Crippen LogP contribution is -2.26. The molecule has 0 bridgehead atoms. The monoisotopic (exact) mass is 261 g/mol. The summed E-state index contributed by atoms with van der Waals surface area (Å²) in [6.07, 6.45) is -0.109. The molecule has 0 N–H and O–H groups in total. The third-order valence-corrected chi connectivity index (χ3v) is 3.19. The molecule has 2 rings (SSSR count). The van der Waals surface area contributed by atoms with Crippen LogP contribution in [0.5, 0.6) is 0 Å². The van der Waals surface area contributed by atoms with Gasteiger partial charge in [-0.05, 0) is 12.1 Å². The Kier molecular flexibility index (Phi) is 3.94. The molecule has 19 heavy (non-hydrogen) atoms. The minimum absolute atomic E-state index is 0.0885. The molecule has 1 amide bonds. The van der Waals surface area contributed by atoms with Gasteiger partial charge in [0.15, 0.2) is 0 Å². The average molecular weight is 261 g/mol. The molecule has 5 heteroatoms. The normalized spacial score (nSPS) is 18.5. The van der Waals surface area contributed by atoms with Crippen molar-refractivity contribution in [1.82, 2.24) is 0 Å². The number of carbonyl (C=O) groups excluding carboxylic acids is 3. The summed E-state index contributed by atoms with van der Waals surface area (Å²) in [7, 11) is 1.24. The van der Waals surface area contributed by atoms with Crippen LogP contribution in [0.4, 0.5) is 5.69 Å². The highest BCUT2D eigenvalue weighted by Crippen LogP contribution is 2.25. The van der Waals surface area contributed by atoms with Gasteiger partial charge in [-0.15, -0.1) is 0 Å². The topological polar surface area (TPSA) is 63.7 Å². The van der Waals surface area contributed by atoms with Gasteiger partial charge in [0, 0.05) is 24.6 Å². The van der Waals surface area contributed by atoms with Crippen LogP contribution in [0.2, 0.25) is 0 Å². The van der Waals surface area contributed by atoms with Crippen molar-refractivity contribution < 1.29 is 19.1 Å². The first-order chi connectivity index (χ1) is 9.11. The van der Waals surface area contributed by atoms with E-state index >= 15 is 0 Å². The minimum Gasteiger partial charge on any atom is -0.469 e. The van der Waals surface area contributed by atoms with Gasteiger partial charge in [0.05, 0.1) is 7.11 Å². The largest absolute Gasteiger partial charge is 0.469 e. The van der Waals surface area contributed by atoms with Crippen molar-refractivity contribution in [2.45, 2.75) is 12.8 Å². The maximum absolute atomic E-state index is 11.9. The maximum Gasteiger partial charge on any atom is 0.313 e. The van der Waals surface area contributed by atoms with Gasteiger partial charge in [0.2, 0.25) is 5.91 Å². The molecule has 0 aromatic heterocycles. The van der Waals surface area contributed by atoms with Crippen LogP contribution in [0.1, 0.15) is 12.8 Å². The second kappa shape index (κ2) is 5.65. The molecule has 1 unspecified atom stereocenters. The number of nitrogens with zero attached hydrogens (tertiary/aromatic N) is 1. The van der Waals surface area contributed by atoms with E-state index in [1.54, 1.807) is 4.90 Å². The van der Waals surface area contributed by atoms with Gasteiger partial charge in [-0.25, -0.2) is 0 Å². The molecule has 100 valence electrons. The molecule has 0 radical (unpaired) electrons. The number of ether oxygens (including phenoxy) is 1. The summed E-state index contributed by atoms with van der Waals surface area (Å²) < 4.78 is 4.46. The fourth-order valence-electron chi connectivity index (χ4n) is 2.14. The molecule has 1 heterocycles. The Bertz CT molecular complexity index is 497. The van der Waals surface area contributed by atoms with E-state index in [4.69, 9.17) is 0 Å². The van der Waals surface area contributed by atoms with Crippen LogP contribution in [0.25, 0.3) is 0 Å². The third kappa shape index (κ3) is 2.99. The van der Waals surface area contributed by atoms with Crippen LogP contribution in [0, 0.1) is 5.92 Å². The molecule has 1 fully saturated rings. The van der Waals surface area contributed by atoms with Gasteiger partial charge < -0.3 is 9.64 Å². The molecule has 1 atom stereocenters. The number of anilines is 1. The van der Waals surface area contributed by atoms with E-state index in [2.05, 4.69) is 4.74 Å². The van der Waals surface area contributed by atoms with Crippen LogP contribution in [-0.2, 0) is 19.1 Å². The van der Waals surface area contributed by atoms with Gasteiger partial charge >= 0.3 is 5.97 Å². The van der Waals surface area contributed by atoms with Gasteiger partial charge in [-0.1, -0.05) is 18.2 Å². The molecule has 1 aromatic carbocycles. The molecule has 0 spiro atoms. The zero-order valence-electron chi connectivity index (χ0n) is 10.7. The smallest absolute Gasteiger partial charge is 0.313 e. The molecule has 0 saturated carbocycles. The Balaban J connectivity index is 2.03. The number of hydrogen-bond acceptors (Lipinski definition) is 4. The summed E-state index contributed by atoms with van der Waals surface area (Å²) in [5.41, 5.74) is 0.779. The van der Waals surface area contributed by atoms with Gasteiger partial charge in [-0.3, -0.25) is 14.4 Å². The number of rotatable bonds is 4. The Labute approximate surface area is 111 Å². The summed E-state index contributed by atoms with van der Waals surface area (Å²) in [6, 6.07) is 9.19. The van der Waals surface area contributed by atoms with Gasteiger partial charge in [0.25, 0.3) is 0 Å². The standard InChI is InChI=1S/C14H15NO4/c1-19-14(18)8-12(16)10-7-13(17)15(9-10)11-5-3-2-4-6-11/h2-6,10H,7-9H2,1H3. The van der Waals surface area contributed by atoms with Crippen molar-refractivity contribution in [3.63, 3.8) is 0 Å². The Morgan fingerprint density at radius 2 is 2.00 bits per heavy atom. The van der Waals surface area contributed by atoms with E-state index in [0.717, 1.165) is 5.69 Å².